The van der Waals surface area contributed by atoms with Gasteiger partial charge in [0.2, 0.25) is 0 Å². The lowest BCUT2D eigenvalue weighted by Gasteiger charge is -2.20. The summed E-state index contributed by atoms with van der Waals surface area (Å²) >= 11 is 7.18. The first-order valence-electron chi connectivity index (χ1n) is 11.3. The third kappa shape index (κ3) is 5.03. The molecule has 9 heteroatoms. The smallest absolute Gasteiger partial charge is 0.261 e. The van der Waals surface area contributed by atoms with Gasteiger partial charge in [0, 0.05) is 24.7 Å². The van der Waals surface area contributed by atoms with Crippen molar-refractivity contribution in [1.29, 1.82) is 0 Å². The first kappa shape index (κ1) is 22.3. The molecule has 2 aliphatic heterocycles. The monoisotopic (exact) mass is 486 g/mol. The third-order valence-corrected chi connectivity index (χ3v) is 7.35. The van der Waals surface area contributed by atoms with Crippen LogP contribution in [0.4, 0.5) is 0 Å². The van der Waals surface area contributed by atoms with Gasteiger partial charge in [0.15, 0.2) is 0 Å². The second-order valence-electron chi connectivity index (χ2n) is 8.51. The maximum atomic E-state index is 12.3. The number of carbonyl (C=O) groups is 1. The zero-order chi connectivity index (χ0) is 22.8. The quantitative estimate of drug-likeness (QED) is 0.616. The van der Waals surface area contributed by atoms with Gasteiger partial charge >= 0.3 is 0 Å². The zero-order valence-corrected chi connectivity index (χ0v) is 20.0. The minimum atomic E-state index is -0.288. The second kappa shape index (κ2) is 9.75. The summed E-state index contributed by atoms with van der Waals surface area (Å²) in [6.07, 6.45) is 6.50. The van der Waals surface area contributed by atoms with E-state index in [0.717, 1.165) is 54.3 Å². The second-order valence-corrected chi connectivity index (χ2v) is 10.2. The Kier molecular flexibility index (Phi) is 6.57. The van der Waals surface area contributed by atoms with Crippen molar-refractivity contribution in [2.75, 3.05) is 26.7 Å². The highest BCUT2D eigenvalue weighted by molar-refractivity contribution is 7.18. The molecule has 2 N–H and O–H groups in total. The van der Waals surface area contributed by atoms with Crippen LogP contribution in [-0.4, -0.2) is 55.5 Å². The van der Waals surface area contributed by atoms with Crippen molar-refractivity contribution < 1.29 is 14.4 Å². The summed E-state index contributed by atoms with van der Waals surface area (Å²) < 4.78 is 7.05. The van der Waals surface area contributed by atoms with Crippen LogP contribution in [0.5, 0.6) is 5.75 Å². The number of ether oxygens (including phenoxy) is 1. The summed E-state index contributed by atoms with van der Waals surface area (Å²) in [5, 5.41) is 2.90. The van der Waals surface area contributed by atoms with Gasteiger partial charge in [-0.25, -0.2) is 0 Å². The molecule has 1 aliphatic carbocycles. The van der Waals surface area contributed by atoms with Gasteiger partial charge in [-0.15, -0.1) is 11.3 Å². The maximum absolute atomic E-state index is 12.3. The molecule has 1 atom stereocenters. The first-order valence-corrected chi connectivity index (χ1v) is 12.5. The number of thiophene rings is 1. The van der Waals surface area contributed by atoms with Crippen molar-refractivity contribution in [2.45, 2.75) is 37.9 Å². The number of hydrogen-bond donors (Lipinski definition) is 2. The predicted octanol–water partition coefficient (Wildman–Crippen LogP) is 4.09. The standard InChI is InChI=1S/C24H27ClN4O3S/c1-29-11-10-26-23(29)15-6-7-18(20(12-15)31-16-4-2-3-5-16)19-13-17(32-28-19)14-27-24(30)21-8-9-22(25)33-21/h6-9,12-13,16-17,28H,2-5,10-11,14H2,1H3,(H,27,30). The normalized spacial score (nSPS) is 20.5. The highest BCUT2D eigenvalue weighted by Crippen LogP contribution is 2.33. The molecule has 1 unspecified atom stereocenters. The zero-order valence-electron chi connectivity index (χ0n) is 18.5. The van der Waals surface area contributed by atoms with Gasteiger partial charge in [-0.3, -0.25) is 20.1 Å². The van der Waals surface area contributed by atoms with Gasteiger partial charge in [-0.1, -0.05) is 17.7 Å². The number of amides is 1. The van der Waals surface area contributed by atoms with E-state index in [0.29, 0.717) is 15.8 Å². The molecule has 5 rings (SSSR count). The average Bonchev–Trinajstić information content (AvgIpc) is 3.61. The van der Waals surface area contributed by atoms with Gasteiger partial charge in [-0.2, -0.15) is 0 Å². The van der Waals surface area contributed by atoms with Crippen LogP contribution in [0.25, 0.3) is 5.70 Å². The number of nitrogens with one attached hydrogen (secondary N) is 2. The number of amidine groups is 1. The minimum Gasteiger partial charge on any atom is -0.490 e. The molecular weight excluding hydrogens is 460 g/mol. The molecule has 2 aromatic rings. The fraction of sp³-hybridized carbons (Fsp3) is 0.417. The summed E-state index contributed by atoms with van der Waals surface area (Å²) in [5.74, 6) is 1.67. The molecular formula is C24H27ClN4O3S. The van der Waals surface area contributed by atoms with E-state index >= 15 is 0 Å². The molecule has 1 amide bonds. The van der Waals surface area contributed by atoms with E-state index in [1.54, 1.807) is 12.1 Å². The Balaban J connectivity index is 1.33. The van der Waals surface area contributed by atoms with E-state index in [1.165, 1.54) is 24.2 Å². The molecule has 7 nitrogen and oxygen atoms in total. The molecule has 33 heavy (non-hydrogen) atoms. The molecule has 1 fully saturated rings. The highest BCUT2D eigenvalue weighted by Gasteiger charge is 2.25. The lowest BCUT2D eigenvalue weighted by atomic mass is 10.1. The van der Waals surface area contributed by atoms with Crippen LogP contribution in [-0.2, 0) is 4.84 Å². The molecule has 0 saturated heterocycles. The van der Waals surface area contributed by atoms with Crippen LogP contribution in [0.2, 0.25) is 4.34 Å². The van der Waals surface area contributed by atoms with Crippen LogP contribution < -0.4 is 15.5 Å². The van der Waals surface area contributed by atoms with E-state index in [-0.39, 0.29) is 18.1 Å². The number of nitrogens with zero attached hydrogens (tertiary/aromatic N) is 2. The fourth-order valence-electron chi connectivity index (χ4n) is 4.37. The lowest BCUT2D eigenvalue weighted by molar-refractivity contribution is 0.0498. The van der Waals surface area contributed by atoms with Crippen LogP contribution in [0.1, 0.15) is 46.5 Å². The minimum absolute atomic E-state index is 0.159. The number of hydroxylamine groups is 1. The van der Waals surface area contributed by atoms with Gasteiger partial charge in [0.05, 0.1) is 34.1 Å². The van der Waals surface area contributed by atoms with Crippen LogP contribution in [0.3, 0.4) is 0 Å². The largest absolute Gasteiger partial charge is 0.490 e. The summed E-state index contributed by atoms with van der Waals surface area (Å²) in [5.41, 5.74) is 5.88. The molecule has 0 radical (unpaired) electrons. The SMILES string of the molecule is CN1CCN=C1c1ccc(C2=CC(CNC(=O)c3ccc(Cl)s3)ON2)c(OC2CCCC2)c1. The topological polar surface area (TPSA) is 75.2 Å². The first-order chi connectivity index (χ1) is 16.1. The van der Waals surface area contributed by atoms with Crippen molar-refractivity contribution in [2.24, 2.45) is 4.99 Å². The van der Waals surface area contributed by atoms with Gasteiger partial charge in [-0.05, 0) is 56.0 Å². The van der Waals surface area contributed by atoms with Crippen molar-refractivity contribution in [3.8, 4) is 5.75 Å². The Morgan fingerprint density at radius 3 is 2.91 bits per heavy atom. The third-order valence-electron chi connectivity index (χ3n) is 6.12. The molecule has 0 spiro atoms. The van der Waals surface area contributed by atoms with E-state index in [4.69, 9.17) is 21.2 Å². The summed E-state index contributed by atoms with van der Waals surface area (Å²) in [4.78, 5) is 25.4. The molecule has 3 aliphatic rings. The number of hydrogen-bond acceptors (Lipinski definition) is 7. The van der Waals surface area contributed by atoms with Gasteiger partial charge < -0.3 is 15.0 Å². The summed E-state index contributed by atoms with van der Waals surface area (Å²) in [7, 11) is 2.06. The molecule has 1 aromatic carbocycles. The van der Waals surface area contributed by atoms with E-state index < -0.39 is 0 Å². The van der Waals surface area contributed by atoms with Crippen LogP contribution in [0, 0.1) is 0 Å². The maximum Gasteiger partial charge on any atom is 0.261 e. The Morgan fingerprint density at radius 1 is 1.33 bits per heavy atom. The Labute approximate surface area is 202 Å². The predicted molar refractivity (Wildman–Crippen MR) is 131 cm³/mol. The number of likely N-dealkylation sites (N-methyl/N-ethyl adjacent to an activating group) is 1. The van der Waals surface area contributed by atoms with Crippen molar-refractivity contribution >= 4 is 40.4 Å². The summed E-state index contributed by atoms with van der Waals surface area (Å²) in [6.45, 7) is 2.10. The van der Waals surface area contributed by atoms with Gasteiger partial charge in [0.25, 0.3) is 5.91 Å². The average molecular weight is 487 g/mol. The number of halogens is 1. The van der Waals surface area contributed by atoms with E-state index in [9.17, 15) is 4.79 Å². The fourth-order valence-corrected chi connectivity index (χ4v) is 5.33. The Morgan fingerprint density at radius 2 is 2.18 bits per heavy atom. The van der Waals surface area contributed by atoms with E-state index in [2.05, 4.69) is 45.9 Å². The van der Waals surface area contributed by atoms with Gasteiger partial charge in [0.1, 0.15) is 17.7 Å². The van der Waals surface area contributed by atoms with Crippen LogP contribution >= 0.6 is 22.9 Å². The van der Waals surface area contributed by atoms with Crippen molar-refractivity contribution in [3.63, 3.8) is 0 Å². The van der Waals surface area contributed by atoms with Crippen molar-refractivity contribution in [3.05, 3.63) is 56.7 Å². The Hall–Kier alpha value is -2.55. The molecule has 0 bridgehead atoms. The molecule has 3 heterocycles. The number of carbonyl (C=O) groups excluding carboxylic acids is 1. The summed E-state index contributed by atoms with van der Waals surface area (Å²) in [6, 6.07) is 9.67. The Bertz CT molecular complexity index is 1090. The highest BCUT2D eigenvalue weighted by atomic mass is 35.5. The number of rotatable bonds is 7. The van der Waals surface area contributed by atoms with E-state index in [1.807, 2.05) is 6.08 Å². The number of benzene rings is 1. The number of aliphatic imine (C=N–C) groups is 1. The molecule has 174 valence electrons. The van der Waals surface area contributed by atoms with Crippen LogP contribution in [0.15, 0.2) is 41.4 Å². The molecule has 1 aromatic heterocycles. The van der Waals surface area contributed by atoms with Crippen molar-refractivity contribution in [1.82, 2.24) is 15.7 Å². The molecule has 1 saturated carbocycles. The lowest BCUT2D eigenvalue weighted by Crippen LogP contribution is -2.31.